The Morgan fingerprint density at radius 1 is 0.680 bits per heavy atom. The number of aliphatic hydroxyl groups excluding tert-OH is 3. The molecule has 0 aromatic carbocycles. The van der Waals surface area contributed by atoms with E-state index in [0.717, 1.165) is 19.3 Å². The van der Waals surface area contributed by atoms with Gasteiger partial charge in [-0.25, -0.2) is 4.18 Å². The molecular formula is C37H72O12S. The molecule has 12 nitrogen and oxygen atoms in total. The van der Waals surface area contributed by atoms with Gasteiger partial charge in [-0.3, -0.25) is 9.35 Å². The van der Waals surface area contributed by atoms with Crippen molar-refractivity contribution < 1.29 is 56.2 Å². The van der Waals surface area contributed by atoms with Gasteiger partial charge in [-0.15, -0.1) is 0 Å². The van der Waals surface area contributed by atoms with Crippen LogP contribution in [0, 0.1) is 0 Å². The summed E-state index contributed by atoms with van der Waals surface area (Å²) in [4.78, 5) is 11.9. The van der Waals surface area contributed by atoms with Crippen LogP contribution >= 0.6 is 0 Å². The minimum absolute atomic E-state index is 0.0326. The first-order valence-corrected chi connectivity index (χ1v) is 21.2. The van der Waals surface area contributed by atoms with E-state index in [1.54, 1.807) is 6.92 Å². The molecule has 6 unspecified atom stereocenters. The topological polar surface area (TPSA) is 178 Å². The molecule has 298 valence electrons. The number of carbonyl (C=O) groups is 1. The minimum atomic E-state index is -5.04. The summed E-state index contributed by atoms with van der Waals surface area (Å²) in [5.41, 5.74) is 0. The maximum absolute atomic E-state index is 11.9. The summed E-state index contributed by atoms with van der Waals surface area (Å²) in [6.45, 7) is 3.41. The summed E-state index contributed by atoms with van der Waals surface area (Å²) in [5.74, 6) is -0.483. The molecule has 4 N–H and O–H groups in total. The molecule has 0 aromatic heterocycles. The molecule has 0 saturated carbocycles. The van der Waals surface area contributed by atoms with Gasteiger partial charge >= 0.3 is 16.4 Å². The van der Waals surface area contributed by atoms with Gasteiger partial charge in [0.2, 0.25) is 0 Å². The molecule has 1 fully saturated rings. The number of carbonyl (C=O) groups excluding carboxylic acids is 1. The second-order valence-corrected chi connectivity index (χ2v) is 14.9. The van der Waals surface area contributed by atoms with E-state index in [1.807, 2.05) is 0 Å². The highest BCUT2D eigenvalue weighted by atomic mass is 32.3. The van der Waals surface area contributed by atoms with E-state index in [-0.39, 0.29) is 19.6 Å². The summed E-state index contributed by atoms with van der Waals surface area (Å²) >= 11 is 0. The van der Waals surface area contributed by atoms with E-state index in [2.05, 4.69) is 11.1 Å². The third-order valence-electron chi connectivity index (χ3n) is 9.28. The van der Waals surface area contributed by atoms with Crippen LogP contribution in [0.25, 0.3) is 0 Å². The molecule has 1 saturated heterocycles. The lowest BCUT2D eigenvalue weighted by Gasteiger charge is -2.41. The van der Waals surface area contributed by atoms with Gasteiger partial charge in [0.25, 0.3) is 0 Å². The van der Waals surface area contributed by atoms with Crippen LogP contribution in [-0.2, 0) is 38.3 Å². The maximum Gasteiger partial charge on any atom is 0.397 e. The zero-order valence-corrected chi connectivity index (χ0v) is 32.0. The van der Waals surface area contributed by atoms with E-state index in [9.17, 15) is 28.5 Å². The quantitative estimate of drug-likeness (QED) is 0.0303. The van der Waals surface area contributed by atoms with Crippen molar-refractivity contribution in [3.05, 3.63) is 0 Å². The zero-order valence-electron chi connectivity index (χ0n) is 31.2. The molecule has 0 spiro atoms. The molecule has 1 heterocycles. The number of ether oxygens (including phenoxy) is 4. The Morgan fingerprint density at radius 2 is 1.12 bits per heavy atom. The number of hydrogen-bond donors (Lipinski definition) is 4. The summed E-state index contributed by atoms with van der Waals surface area (Å²) < 4.78 is 57.7. The first-order chi connectivity index (χ1) is 24.1. The number of hydrogen-bond acceptors (Lipinski definition) is 11. The van der Waals surface area contributed by atoms with E-state index < -0.39 is 59.8 Å². The lowest BCUT2D eigenvalue weighted by atomic mass is 9.99. The van der Waals surface area contributed by atoms with Crippen LogP contribution in [0.1, 0.15) is 168 Å². The molecule has 0 amide bonds. The zero-order chi connectivity index (χ0) is 36.9. The van der Waals surface area contributed by atoms with Crippen LogP contribution in [-0.4, -0.2) is 97.5 Å². The summed E-state index contributed by atoms with van der Waals surface area (Å²) in [7, 11) is -5.04. The van der Waals surface area contributed by atoms with Crippen LogP contribution in [0.5, 0.6) is 0 Å². The molecular weight excluding hydrogens is 668 g/mol. The van der Waals surface area contributed by atoms with Gasteiger partial charge in [0.1, 0.15) is 30.5 Å². The SMILES string of the molecule is CCCCCCCCCCCCCCCCCCCCCCCCCOCC(COC1OC(CO)C(O)C(OS(=O)(=O)O)C1O)OC(=O)CC. The Balaban J connectivity index is 2.07. The number of rotatable bonds is 34. The Labute approximate surface area is 303 Å². The molecule has 6 atom stereocenters. The Kier molecular flexibility index (Phi) is 28.8. The van der Waals surface area contributed by atoms with Crippen LogP contribution in [0.3, 0.4) is 0 Å². The lowest BCUT2D eigenvalue weighted by Crippen LogP contribution is -2.60. The van der Waals surface area contributed by atoms with Crippen LogP contribution in [0.2, 0.25) is 0 Å². The Morgan fingerprint density at radius 3 is 1.52 bits per heavy atom. The van der Waals surface area contributed by atoms with Crippen molar-refractivity contribution in [3.8, 4) is 0 Å². The normalized spacial score (nSPS) is 21.8. The lowest BCUT2D eigenvalue weighted by molar-refractivity contribution is -0.301. The standard InChI is InChI=1S/C37H72O12S/c1-3-5-6-7-8-9-10-11-12-13-14-15-16-17-18-19-20-21-22-23-24-25-26-27-45-29-31(47-33(39)4-2)30-46-37-35(41)36(49-50(42,43)44)34(40)32(28-38)48-37/h31-32,34-38,40-41H,3-30H2,1-2H3,(H,42,43,44). The number of esters is 1. The second-order valence-electron chi connectivity index (χ2n) is 13.8. The van der Waals surface area contributed by atoms with Gasteiger partial charge in [0.05, 0.1) is 19.8 Å². The fourth-order valence-corrected chi connectivity index (χ4v) is 6.75. The predicted molar refractivity (Wildman–Crippen MR) is 193 cm³/mol. The predicted octanol–water partition coefficient (Wildman–Crippen LogP) is 6.96. The average Bonchev–Trinajstić information content (AvgIpc) is 3.09. The first kappa shape index (κ1) is 47.1. The van der Waals surface area contributed by atoms with Gasteiger partial charge in [-0.2, -0.15) is 8.42 Å². The maximum atomic E-state index is 11.9. The monoisotopic (exact) mass is 740 g/mol. The third-order valence-corrected chi connectivity index (χ3v) is 9.75. The molecule has 0 aromatic rings. The highest BCUT2D eigenvalue weighted by molar-refractivity contribution is 7.80. The van der Waals surface area contributed by atoms with Crippen molar-refractivity contribution in [2.24, 2.45) is 0 Å². The highest BCUT2D eigenvalue weighted by Gasteiger charge is 2.48. The summed E-state index contributed by atoms with van der Waals surface area (Å²) in [6, 6.07) is 0. The molecule has 0 bridgehead atoms. The summed E-state index contributed by atoms with van der Waals surface area (Å²) in [6.07, 6.45) is 21.4. The second kappa shape index (κ2) is 30.6. The van der Waals surface area contributed by atoms with Crippen molar-refractivity contribution >= 4 is 16.4 Å². The number of aliphatic hydroxyl groups is 3. The van der Waals surface area contributed by atoms with E-state index in [1.165, 1.54) is 128 Å². The molecule has 1 aliphatic heterocycles. The molecule has 1 rings (SSSR count). The smallest absolute Gasteiger partial charge is 0.397 e. The van der Waals surface area contributed by atoms with E-state index in [4.69, 9.17) is 23.5 Å². The van der Waals surface area contributed by atoms with E-state index >= 15 is 0 Å². The fourth-order valence-electron chi connectivity index (χ4n) is 6.24. The van der Waals surface area contributed by atoms with Crippen LogP contribution in [0.4, 0.5) is 0 Å². The van der Waals surface area contributed by atoms with Crippen LogP contribution < -0.4 is 0 Å². The van der Waals surface area contributed by atoms with Gasteiger partial charge in [0.15, 0.2) is 6.29 Å². The molecule has 50 heavy (non-hydrogen) atoms. The Hall–Kier alpha value is -0.900. The summed E-state index contributed by atoms with van der Waals surface area (Å²) in [5, 5.41) is 30.1. The first-order valence-electron chi connectivity index (χ1n) is 19.8. The fraction of sp³-hybridized carbons (Fsp3) is 0.973. The minimum Gasteiger partial charge on any atom is -0.457 e. The average molecular weight is 741 g/mol. The molecule has 13 heteroatoms. The van der Waals surface area contributed by atoms with Crippen molar-refractivity contribution in [1.82, 2.24) is 0 Å². The number of unbranched alkanes of at least 4 members (excludes halogenated alkanes) is 22. The Bertz CT molecular complexity index is 905. The van der Waals surface area contributed by atoms with Crippen molar-refractivity contribution in [2.45, 2.75) is 205 Å². The molecule has 0 aliphatic carbocycles. The van der Waals surface area contributed by atoms with Gasteiger partial charge in [0, 0.05) is 13.0 Å². The highest BCUT2D eigenvalue weighted by Crippen LogP contribution is 2.26. The largest absolute Gasteiger partial charge is 0.457 e. The third kappa shape index (κ3) is 24.4. The molecule has 0 radical (unpaired) electrons. The van der Waals surface area contributed by atoms with Gasteiger partial charge in [-0.05, 0) is 6.42 Å². The van der Waals surface area contributed by atoms with Gasteiger partial charge < -0.3 is 34.3 Å². The van der Waals surface area contributed by atoms with Gasteiger partial charge in [-0.1, -0.05) is 155 Å². The van der Waals surface area contributed by atoms with Crippen molar-refractivity contribution in [2.75, 3.05) is 26.4 Å². The van der Waals surface area contributed by atoms with Crippen molar-refractivity contribution in [1.29, 1.82) is 0 Å². The van der Waals surface area contributed by atoms with Crippen molar-refractivity contribution in [3.63, 3.8) is 0 Å². The molecule has 1 aliphatic rings. The van der Waals surface area contributed by atoms with E-state index in [0.29, 0.717) is 6.61 Å². The van der Waals surface area contributed by atoms with Crippen LogP contribution in [0.15, 0.2) is 0 Å².